The molecule has 2 aliphatic carbocycles. The Kier molecular flexibility index (Phi) is 1.98. The topological polar surface area (TPSA) is 25.5 Å². The predicted molar refractivity (Wildman–Crippen MR) is 91.3 cm³/mol. The molecule has 1 aliphatic heterocycles. The van der Waals surface area contributed by atoms with Gasteiger partial charge in [-0.2, -0.15) is 0 Å². The lowest BCUT2D eigenvalue weighted by atomic mass is 10.0. The molecule has 2 heterocycles. The molecule has 0 saturated carbocycles. The third kappa shape index (κ3) is 1.36. The Morgan fingerprint density at radius 3 is 2.96 bits per heavy atom. The van der Waals surface area contributed by atoms with Crippen molar-refractivity contribution in [2.75, 3.05) is 0 Å². The quantitative estimate of drug-likeness (QED) is 0.621. The molecular formula is C21H13NO. The molecular weight excluding hydrogens is 282 g/mol. The van der Waals surface area contributed by atoms with Gasteiger partial charge in [0.15, 0.2) is 5.58 Å². The lowest BCUT2D eigenvalue weighted by Crippen LogP contribution is -2.24. The van der Waals surface area contributed by atoms with Gasteiger partial charge in [-0.05, 0) is 23.8 Å². The fourth-order valence-corrected chi connectivity index (χ4v) is 3.97. The van der Waals surface area contributed by atoms with Crippen LogP contribution in [0.4, 0.5) is 0 Å². The summed E-state index contributed by atoms with van der Waals surface area (Å²) in [6.07, 6.45) is 8.70. The van der Waals surface area contributed by atoms with E-state index in [9.17, 15) is 0 Å². The number of allylic oxidation sites excluding steroid dienone is 1. The Morgan fingerprint density at radius 1 is 1.00 bits per heavy atom. The summed E-state index contributed by atoms with van der Waals surface area (Å²) < 4.78 is 6.20. The van der Waals surface area contributed by atoms with Crippen LogP contribution in [0.5, 0.6) is 0 Å². The minimum atomic E-state index is 0.944. The Labute approximate surface area is 132 Å². The average molecular weight is 295 g/mol. The van der Waals surface area contributed by atoms with E-state index >= 15 is 0 Å². The fraction of sp³-hybridized carbons (Fsp3) is 0.0952. The van der Waals surface area contributed by atoms with Gasteiger partial charge in [0.2, 0.25) is 0 Å². The molecule has 0 radical (unpaired) electrons. The number of rotatable bonds is 0. The van der Waals surface area contributed by atoms with Gasteiger partial charge in [-0.25, -0.2) is 4.99 Å². The second kappa shape index (κ2) is 3.90. The smallest absolute Gasteiger partial charge is 0.161 e. The van der Waals surface area contributed by atoms with Crippen molar-refractivity contribution in [3.05, 3.63) is 74.8 Å². The van der Waals surface area contributed by atoms with Crippen molar-refractivity contribution in [3.63, 3.8) is 0 Å². The van der Waals surface area contributed by atoms with Crippen molar-refractivity contribution in [1.29, 1.82) is 0 Å². The number of aryl methyl sites for hydroxylation is 1. The van der Waals surface area contributed by atoms with E-state index in [1.54, 1.807) is 0 Å². The molecule has 0 N–H and O–H groups in total. The van der Waals surface area contributed by atoms with Crippen molar-refractivity contribution in [3.8, 4) is 0 Å². The van der Waals surface area contributed by atoms with Crippen LogP contribution >= 0.6 is 0 Å². The zero-order chi connectivity index (χ0) is 15.0. The van der Waals surface area contributed by atoms with Crippen LogP contribution in [0, 0.1) is 0 Å². The number of fused-ring (bicyclic) bond motifs is 7. The summed E-state index contributed by atoms with van der Waals surface area (Å²) in [7, 11) is 0. The summed E-state index contributed by atoms with van der Waals surface area (Å²) in [4.78, 5) is 4.96. The lowest BCUT2D eigenvalue weighted by Gasteiger charge is -2.01. The van der Waals surface area contributed by atoms with Gasteiger partial charge < -0.3 is 4.42 Å². The van der Waals surface area contributed by atoms with Crippen LogP contribution in [0.1, 0.15) is 17.7 Å². The monoisotopic (exact) mass is 295 g/mol. The first-order valence-corrected chi connectivity index (χ1v) is 8.05. The normalized spacial score (nSPS) is 16.7. The van der Waals surface area contributed by atoms with Crippen LogP contribution < -0.4 is 21.0 Å². The van der Waals surface area contributed by atoms with E-state index in [-0.39, 0.29) is 0 Å². The molecule has 0 unspecified atom stereocenters. The molecule has 2 heteroatoms. The van der Waals surface area contributed by atoms with Gasteiger partial charge in [-0.3, -0.25) is 0 Å². The number of hydrogen-bond donors (Lipinski definition) is 0. The minimum absolute atomic E-state index is 0.944. The highest BCUT2D eigenvalue weighted by Gasteiger charge is 2.21. The summed E-state index contributed by atoms with van der Waals surface area (Å²) in [6.45, 7) is 0. The van der Waals surface area contributed by atoms with E-state index in [4.69, 9.17) is 9.41 Å². The number of benzene rings is 2. The highest BCUT2D eigenvalue weighted by Crippen LogP contribution is 2.30. The van der Waals surface area contributed by atoms with Gasteiger partial charge in [-0.15, -0.1) is 0 Å². The van der Waals surface area contributed by atoms with Crippen LogP contribution in [0.2, 0.25) is 0 Å². The largest absolute Gasteiger partial charge is 0.458 e. The molecule has 0 bridgehead atoms. The van der Waals surface area contributed by atoms with Crippen molar-refractivity contribution in [2.24, 2.45) is 4.99 Å². The summed E-state index contributed by atoms with van der Waals surface area (Å²) in [5, 5.41) is 5.87. The third-order valence-corrected chi connectivity index (χ3v) is 5.05. The van der Waals surface area contributed by atoms with E-state index in [0.717, 1.165) is 35.2 Å². The number of furan rings is 1. The molecule has 108 valence electrons. The van der Waals surface area contributed by atoms with Gasteiger partial charge in [0.05, 0.1) is 5.70 Å². The third-order valence-electron chi connectivity index (χ3n) is 5.05. The summed E-state index contributed by atoms with van der Waals surface area (Å²) in [5.74, 6) is 1.10. The van der Waals surface area contributed by atoms with E-state index in [1.807, 2.05) is 0 Å². The maximum absolute atomic E-state index is 6.20. The van der Waals surface area contributed by atoms with E-state index in [0.29, 0.717) is 0 Å². The van der Waals surface area contributed by atoms with Crippen LogP contribution in [0.3, 0.4) is 0 Å². The minimum Gasteiger partial charge on any atom is -0.458 e. The van der Waals surface area contributed by atoms with Crippen molar-refractivity contribution >= 4 is 34.4 Å². The zero-order valence-corrected chi connectivity index (χ0v) is 12.5. The first-order chi connectivity index (χ1) is 11.4. The van der Waals surface area contributed by atoms with Crippen LogP contribution in [0.15, 0.2) is 51.9 Å². The fourth-order valence-electron chi connectivity index (χ4n) is 3.97. The summed E-state index contributed by atoms with van der Waals surface area (Å²) >= 11 is 0. The lowest BCUT2D eigenvalue weighted by molar-refractivity contribution is 0.543. The average Bonchev–Trinajstić information content (AvgIpc) is 3.23. The van der Waals surface area contributed by atoms with Crippen molar-refractivity contribution < 1.29 is 4.42 Å². The standard InChI is InChI=1S/C21H13NO/c1-2-6-13-12(5-1)11-17-15-9-10-16-14-7-3-4-8-18(14)23-21(16)20(15)22-19(13)17/h1-3,5-7,9-11H,4,8H2. The van der Waals surface area contributed by atoms with Crippen LogP contribution in [-0.4, -0.2) is 0 Å². The SMILES string of the molecule is C1=Cc2c(oc3c4c(ccc23)=C2C=c3ccccc3=C2N=4)CC1. The first-order valence-electron chi connectivity index (χ1n) is 8.05. The van der Waals surface area contributed by atoms with Crippen molar-refractivity contribution in [1.82, 2.24) is 0 Å². The summed E-state index contributed by atoms with van der Waals surface area (Å²) in [5.41, 5.74) is 4.50. The first kappa shape index (κ1) is 11.7. The molecule has 0 atom stereocenters. The Hall–Kier alpha value is -2.87. The van der Waals surface area contributed by atoms with Crippen LogP contribution in [-0.2, 0) is 6.42 Å². The molecule has 2 nitrogen and oxygen atoms in total. The molecule has 0 fully saturated rings. The molecule has 2 aromatic carbocycles. The van der Waals surface area contributed by atoms with E-state index in [1.165, 1.54) is 32.2 Å². The van der Waals surface area contributed by atoms with Crippen molar-refractivity contribution in [2.45, 2.75) is 12.8 Å². The van der Waals surface area contributed by atoms with Gasteiger partial charge >= 0.3 is 0 Å². The maximum Gasteiger partial charge on any atom is 0.161 e. The van der Waals surface area contributed by atoms with Gasteiger partial charge in [0.25, 0.3) is 0 Å². The molecule has 0 spiro atoms. The Balaban J connectivity index is 1.81. The second-order valence-electron chi connectivity index (χ2n) is 6.32. The Bertz CT molecular complexity index is 1300. The molecule has 3 aliphatic rings. The van der Waals surface area contributed by atoms with E-state index < -0.39 is 0 Å². The molecule has 3 aromatic rings. The van der Waals surface area contributed by atoms with E-state index in [2.05, 4.69) is 54.6 Å². The predicted octanol–water partition coefficient (Wildman–Crippen LogP) is 1.78. The zero-order valence-electron chi connectivity index (χ0n) is 12.5. The van der Waals surface area contributed by atoms with Gasteiger partial charge in [0.1, 0.15) is 11.1 Å². The number of nitrogens with zero attached hydrogens (tertiary/aromatic N) is 1. The molecule has 1 aromatic heterocycles. The van der Waals surface area contributed by atoms with Gasteiger partial charge in [0, 0.05) is 33.4 Å². The Morgan fingerprint density at radius 2 is 1.96 bits per heavy atom. The van der Waals surface area contributed by atoms with Crippen LogP contribution in [0.25, 0.3) is 34.4 Å². The second-order valence-corrected chi connectivity index (χ2v) is 6.32. The molecule has 0 amide bonds. The molecule has 23 heavy (non-hydrogen) atoms. The summed E-state index contributed by atoms with van der Waals surface area (Å²) in [6, 6.07) is 12.8. The highest BCUT2D eigenvalue weighted by atomic mass is 16.3. The maximum atomic E-state index is 6.20. The number of hydrogen-bond acceptors (Lipinski definition) is 2. The van der Waals surface area contributed by atoms with Gasteiger partial charge in [-0.1, -0.05) is 42.5 Å². The molecule has 6 rings (SSSR count). The highest BCUT2D eigenvalue weighted by molar-refractivity contribution is 6.08. The molecule has 0 saturated heterocycles.